The average molecular weight is 271 g/mol. The maximum absolute atomic E-state index is 11.7. The Morgan fingerprint density at radius 2 is 1.58 bits per heavy atom. The van der Waals surface area contributed by atoms with Crippen LogP contribution in [0.15, 0.2) is 0 Å². The van der Waals surface area contributed by atoms with E-state index < -0.39 is 5.60 Å². The summed E-state index contributed by atoms with van der Waals surface area (Å²) in [4.78, 5) is 17.5. The van der Waals surface area contributed by atoms with Crippen molar-refractivity contribution in [3.63, 3.8) is 0 Å². The molecule has 0 bridgehead atoms. The summed E-state index contributed by atoms with van der Waals surface area (Å²) in [6.45, 7) is 14.2. The number of carbonyl (C=O) groups excluding carboxylic acids is 1. The van der Waals surface area contributed by atoms with Gasteiger partial charge in [0.25, 0.3) is 0 Å². The Morgan fingerprint density at radius 1 is 1.11 bits per heavy atom. The molecule has 0 atom stereocenters. The van der Waals surface area contributed by atoms with Gasteiger partial charge < -0.3 is 4.74 Å². The number of piperidine rings is 1. The van der Waals surface area contributed by atoms with Crippen LogP contribution in [0.2, 0.25) is 0 Å². The van der Waals surface area contributed by atoms with Gasteiger partial charge in [0, 0.05) is 11.1 Å². The van der Waals surface area contributed by atoms with Crippen LogP contribution in [0, 0.1) is 0 Å². The van der Waals surface area contributed by atoms with Crippen LogP contribution >= 0.6 is 0 Å². The molecule has 4 heteroatoms. The number of hydrogen-bond donors (Lipinski definition) is 0. The highest BCUT2D eigenvalue weighted by Crippen LogP contribution is 2.38. The zero-order chi connectivity index (χ0) is 14.9. The second kappa shape index (κ2) is 5.41. The Bertz CT molecular complexity index is 313. The Balaban J connectivity index is 2.61. The fourth-order valence-electron chi connectivity index (χ4n) is 2.81. The van der Waals surface area contributed by atoms with Crippen LogP contribution in [0.3, 0.4) is 0 Å². The van der Waals surface area contributed by atoms with Crippen LogP contribution in [0.4, 0.5) is 0 Å². The first-order valence-corrected chi connectivity index (χ1v) is 7.09. The van der Waals surface area contributed by atoms with Gasteiger partial charge in [-0.25, -0.2) is 4.79 Å². The first-order chi connectivity index (χ1) is 8.44. The van der Waals surface area contributed by atoms with E-state index in [9.17, 15) is 4.79 Å². The van der Waals surface area contributed by atoms with Gasteiger partial charge in [-0.1, -0.05) is 0 Å². The monoisotopic (exact) mass is 271 g/mol. The minimum absolute atomic E-state index is 0.0237. The predicted molar refractivity (Wildman–Crippen MR) is 75.6 cm³/mol. The van der Waals surface area contributed by atoms with E-state index in [2.05, 4.69) is 27.7 Å². The van der Waals surface area contributed by atoms with Crippen molar-refractivity contribution in [3.8, 4) is 0 Å². The first kappa shape index (κ1) is 16.4. The van der Waals surface area contributed by atoms with Crippen LogP contribution in [-0.4, -0.2) is 34.3 Å². The number of ether oxygens (including phenoxy) is 1. The molecule has 1 fully saturated rings. The van der Waals surface area contributed by atoms with Gasteiger partial charge in [0.2, 0.25) is 0 Å². The SMILES string of the molecule is CC(C)(C)OC(=O)CON1C(C)(C)CCCC1(C)C. The van der Waals surface area contributed by atoms with Crippen molar-refractivity contribution in [2.24, 2.45) is 0 Å². The molecule has 1 rings (SSSR count). The highest BCUT2D eigenvalue weighted by atomic mass is 16.7. The van der Waals surface area contributed by atoms with E-state index in [0.717, 1.165) is 12.8 Å². The van der Waals surface area contributed by atoms with Crippen molar-refractivity contribution in [1.29, 1.82) is 0 Å². The molecule has 112 valence electrons. The molecule has 1 aliphatic rings. The Hall–Kier alpha value is -0.610. The summed E-state index contributed by atoms with van der Waals surface area (Å²) in [5.74, 6) is -0.315. The smallest absolute Gasteiger partial charge is 0.334 e. The molecule has 0 saturated carbocycles. The van der Waals surface area contributed by atoms with Gasteiger partial charge >= 0.3 is 5.97 Å². The lowest BCUT2D eigenvalue weighted by atomic mass is 9.82. The molecular formula is C15H29NO3. The number of rotatable bonds is 3. The van der Waals surface area contributed by atoms with Gasteiger partial charge in [-0.15, -0.1) is 0 Å². The normalized spacial score (nSPS) is 23.1. The minimum Gasteiger partial charge on any atom is -0.458 e. The Labute approximate surface area is 117 Å². The molecule has 0 aromatic carbocycles. The standard InChI is InChI=1S/C15H29NO3/c1-13(2,3)19-12(17)11-18-16-14(4,5)9-8-10-15(16,6)7/h8-11H2,1-7H3. The Kier molecular flexibility index (Phi) is 4.68. The fourth-order valence-corrected chi connectivity index (χ4v) is 2.81. The maximum Gasteiger partial charge on any atom is 0.334 e. The molecule has 0 aliphatic carbocycles. The number of carbonyl (C=O) groups is 1. The largest absolute Gasteiger partial charge is 0.458 e. The molecule has 0 N–H and O–H groups in total. The lowest BCUT2D eigenvalue weighted by Gasteiger charge is -2.51. The zero-order valence-electron chi connectivity index (χ0n) is 13.5. The van der Waals surface area contributed by atoms with Crippen molar-refractivity contribution in [2.75, 3.05) is 6.61 Å². The van der Waals surface area contributed by atoms with Gasteiger partial charge in [-0.05, 0) is 67.7 Å². The second-order valence-corrected chi connectivity index (χ2v) is 7.63. The summed E-state index contributed by atoms with van der Waals surface area (Å²) in [6, 6.07) is 0. The summed E-state index contributed by atoms with van der Waals surface area (Å²) in [6.07, 6.45) is 3.34. The third-order valence-electron chi connectivity index (χ3n) is 3.41. The van der Waals surface area contributed by atoms with Gasteiger partial charge in [0.1, 0.15) is 5.60 Å². The third kappa shape index (κ3) is 4.77. The van der Waals surface area contributed by atoms with E-state index in [4.69, 9.17) is 9.57 Å². The zero-order valence-corrected chi connectivity index (χ0v) is 13.5. The van der Waals surface area contributed by atoms with Crippen molar-refractivity contribution in [2.45, 2.75) is 84.4 Å². The van der Waals surface area contributed by atoms with E-state index in [0.29, 0.717) is 0 Å². The molecule has 1 aliphatic heterocycles. The highest BCUT2D eigenvalue weighted by Gasteiger charge is 2.42. The molecule has 0 radical (unpaired) electrons. The van der Waals surface area contributed by atoms with Crippen molar-refractivity contribution in [3.05, 3.63) is 0 Å². The molecule has 4 nitrogen and oxygen atoms in total. The minimum atomic E-state index is -0.465. The second-order valence-electron chi connectivity index (χ2n) is 7.63. The van der Waals surface area contributed by atoms with Crippen LogP contribution in [0.1, 0.15) is 67.7 Å². The topological polar surface area (TPSA) is 38.8 Å². The van der Waals surface area contributed by atoms with Gasteiger partial charge in [-0.2, -0.15) is 5.06 Å². The molecule has 0 unspecified atom stereocenters. The molecule has 1 heterocycles. The summed E-state index contributed by atoms with van der Waals surface area (Å²) >= 11 is 0. The third-order valence-corrected chi connectivity index (χ3v) is 3.41. The summed E-state index contributed by atoms with van der Waals surface area (Å²) in [5.41, 5.74) is -0.569. The molecule has 0 amide bonds. The first-order valence-electron chi connectivity index (χ1n) is 7.09. The van der Waals surface area contributed by atoms with Crippen LogP contribution < -0.4 is 0 Å². The molecule has 0 aromatic rings. The maximum atomic E-state index is 11.7. The van der Waals surface area contributed by atoms with Crippen LogP contribution in [0.25, 0.3) is 0 Å². The van der Waals surface area contributed by atoms with Crippen molar-refractivity contribution in [1.82, 2.24) is 5.06 Å². The number of esters is 1. The summed E-state index contributed by atoms with van der Waals surface area (Å²) in [7, 11) is 0. The van der Waals surface area contributed by atoms with Gasteiger partial charge in [-0.3, -0.25) is 4.84 Å². The Morgan fingerprint density at radius 3 is 2.00 bits per heavy atom. The van der Waals surface area contributed by atoms with E-state index in [-0.39, 0.29) is 23.7 Å². The molecular weight excluding hydrogens is 242 g/mol. The molecule has 1 saturated heterocycles. The van der Waals surface area contributed by atoms with E-state index in [1.54, 1.807) is 0 Å². The number of hydroxylamine groups is 2. The van der Waals surface area contributed by atoms with Gasteiger partial charge in [0.05, 0.1) is 0 Å². The van der Waals surface area contributed by atoms with Crippen molar-refractivity contribution < 1.29 is 14.4 Å². The fraction of sp³-hybridized carbons (Fsp3) is 0.933. The van der Waals surface area contributed by atoms with Gasteiger partial charge in [0.15, 0.2) is 6.61 Å². The average Bonchev–Trinajstić information content (AvgIpc) is 2.11. The summed E-state index contributed by atoms with van der Waals surface area (Å²) < 4.78 is 5.27. The van der Waals surface area contributed by atoms with E-state index in [1.165, 1.54) is 6.42 Å². The summed E-state index contributed by atoms with van der Waals surface area (Å²) in [5, 5.41) is 1.98. The lowest BCUT2D eigenvalue weighted by Crippen LogP contribution is -2.58. The van der Waals surface area contributed by atoms with Crippen LogP contribution in [-0.2, 0) is 14.4 Å². The lowest BCUT2D eigenvalue weighted by molar-refractivity contribution is -0.281. The van der Waals surface area contributed by atoms with E-state index >= 15 is 0 Å². The van der Waals surface area contributed by atoms with Crippen molar-refractivity contribution >= 4 is 5.97 Å². The number of hydrogen-bond acceptors (Lipinski definition) is 4. The predicted octanol–water partition coefficient (Wildman–Crippen LogP) is 3.30. The highest BCUT2D eigenvalue weighted by molar-refractivity contribution is 5.71. The van der Waals surface area contributed by atoms with E-state index in [1.807, 2.05) is 25.8 Å². The molecule has 0 spiro atoms. The van der Waals surface area contributed by atoms with Crippen LogP contribution in [0.5, 0.6) is 0 Å². The molecule has 19 heavy (non-hydrogen) atoms. The molecule has 0 aromatic heterocycles. The quantitative estimate of drug-likeness (QED) is 0.738. The number of nitrogens with zero attached hydrogens (tertiary/aromatic N) is 1.